The van der Waals surface area contributed by atoms with Gasteiger partial charge in [0.2, 0.25) is 11.8 Å². The van der Waals surface area contributed by atoms with E-state index in [1.807, 2.05) is 24.3 Å². The molecule has 6 nitrogen and oxygen atoms in total. The lowest BCUT2D eigenvalue weighted by Gasteiger charge is -2.11. The summed E-state index contributed by atoms with van der Waals surface area (Å²) in [7, 11) is 1.61. The largest absolute Gasteiger partial charge is 0.497 e. The first kappa shape index (κ1) is 23.0. The summed E-state index contributed by atoms with van der Waals surface area (Å²) in [5.41, 5.74) is 6.78. The van der Waals surface area contributed by atoms with Gasteiger partial charge in [0.1, 0.15) is 11.5 Å². The van der Waals surface area contributed by atoms with Gasteiger partial charge < -0.3 is 20.5 Å². The van der Waals surface area contributed by atoms with E-state index in [4.69, 9.17) is 15.2 Å². The van der Waals surface area contributed by atoms with E-state index in [2.05, 4.69) is 10.3 Å². The summed E-state index contributed by atoms with van der Waals surface area (Å²) in [5.74, 6) is 1.99. The number of methoxy groups -OCH3 is 1. The van der Waals surface area contributed by atoms with Crippen LogP contribution in [0.5, 0.6) is 17.4 Å². The minimum Gasteiger partial charge on any atom is -0.497 e. The van der Waals surface area contributed by atoms with Crippen molar-refractivity contribution in [3.8, 4) is 17.4 Å². The van der Waals surface area contributed by atoms with Crippen LogP contribution in [0.2, 0.25) is 0 Å². The molecule has 0 aliphatic heterocycles. The number of ether oxygens (including phenoxy) is 2. The fourth-order valence-corrected chi connectivity index (χ4v) is 2.95. The molecule has 148 valence electrons. The number of nitrogens with zero attached hydrogens (tertiary/aromatic N) is 1. The molecule has 1 heterocycles. The number of hydrogen-bond acceptors (Lipinski definition) is 5. The molecule has 1 aliphatic rings. The quantitative estimate of drug-likeness (QED) is 0.756. The van der Waals surface area contributed by atoms with Gasteiger partial charge in [-0.2, -0.15) is 0 Å². The maximum atomic E-state index is 12.1. The van der Waals surface area contributed by atoms with Gasteiger partial charge in [0.05, 0.1) is 7.11 Å². The second-order valence-electron chi connectivity index (χ2n) is 6.27. The van der Waals surface area contributed by atoms with Crippen LogP contribution in [-0.4, -0.2) is 24.0 Å². The minimum absolute atomic E-state index is 0. The van der Waals surface area contributed by atoms with Crippen LogP contribution < -0.4 is 20.5 Å². The normalized spacial score (nSPS) is 18.0. The molecule has 1 fully saturated rings. The van der Waals surface area contributed by atoms with Gasteiger partial charge in [0.25, 0.3) is 0 Å². The van der Waals surface area contributed by atoms with Crippen LogP contribution in [0.25, 0.3) is 0 Å². The van der Waals surface area contributed by atoms with Gasteiger partial charge in [-0.1, -0.05) is 12.1 Å². The number of carbonyl (C=O) groups excluding carboxylic acids is 1. The Morgan fingerprint density at radius 3 is 2.63 bits per heavy atom. The van der Waals surface area contributed by atoms with Crippen LogP contribution in [-0.2, 0) is 11.3 Å². The van der Waals surface area contributed by atoms with Gasteiger partial charge in [-0.25, -0.2) is 4.98 Å². The van der Waals surface area contributed by atoms with Crippen molar-refractivity contribution in [2.45, 2.75) is 31.8 Å². The van der Waals surface area contributed by atoms with Crippen molar-refractivity contribution in [2.75, 3.05) is 7.11 Å². The lowest BCUT2D eigenvalue weighted by molar-refractivity contribution is -0.125. The Balaban J connectivity index is 0.00000182. The Labute approximate surface area is 171 Å². The third kappa shape index (κ3) is 6.57. The molecule has 2 atom stereocenters. The highest BCUT2D eigenvalue weighted by molar-refractivity contribution is 5.85. The summed E-state index contributed by atoms with van der Waals surface area (Å²) in [6.45, 7) is 0.455. The van der Waals surface area contributed by atoms with Crippen molar-refractivity contribution in [3.63, 3.8) is 0 Å². The predicted octanol–water partition coefficient (Wildman–Crippen LogP) is 3.47. The van der Waals surface area contributed by atoms with Crippen LogP contribution in [0.1, 0.15) is 24.8 Å². The summed E-state index contributed by atoms with van der Waals surface area (Å²) in [6.07, 6.45) is 4.28. The van der Waals surface area contributed by atoms with E-state index in [1.54, 1.807) is 25.4 Å². The van der Waals surface area contributed by atoms with Crippen molar-refractivity contribution in [1.29, 1.82) is 0 Å². The van der Waals surface area contributed by atoms with Crippen molar-refractivity contribution in [1.82, 2.24) is 10.3 Å². The number of nitrogens with one attached hydrogen (secondary N) is 1. The minimum atomic E-state index is 0. The number of carbonyl (C=O) groups is 1. The molecule has 3 rings (SSSR count). The van der Waals surface area contributed by atoms with Gasteiger partial charge in [-0.05, 0) is 37.0 Å². The number of aromatic nitrogens is 1. The zero-order valence-corrected chi connectivity index (χ0v) is 16.7. The zero-order chi connectivity index (χ0) is 17.6. The maximum Gasteiger partial charge on any atom is 0.223 e. The van der Waals surface area contributed by atoms with E-state index in [1.165, 1.54) is 0 Å². The monoisotopic (exact) mass is 413 g/mol. The van der Waals surface area contributed by atoms with Crippen molar-refractivity contribution in [2.24, 2.45) is 11.7 Å². The predicted molar refractivity (Wildman–Crippen MR) is 109 cm³/mol. The molecule has 1 amide bonds. The Kier molecular flexibility index (Phi) is 9.35. The molecule has 0 spiro atoms. The first-order chi connectivity index (χ1) is 12.1. The number of rotatable bonds is 6. The lowest BCUT2D eigenvalue weighted by Crippen LogP contribution is -2.30. The Morgan fingerprint density at radius 1 is 1.22 bits per heavy atom. The number of nitrogens with two attached hydrogens (primary N) is 1. The SMILES string of the molecule is COc1cccc(Oc2ccc(CNC(=O)C3CCC(N)C3)cn2)c1.Cl.Cl. The smallest absolute Gasteiger partial charge is 0.223 e. The average Bonchev–Trinajstić information content (AvgIpc) is 3.07. The molecule has 27 heavy (non-hydrogen) atoms. The molecule has 0 saturated heterocycles. The maximum absolute atomic E-state index is 12.1. The van der Waals surface area contributed by atoms with Crippen molar-refractivity contribution < 1.29 is 14.3 Å². The number of halogens is 2. The van der Waals surface area contributed by atoms with E-state index >= 15 is 0 Å². The van der Waals surface area contributed by atoms with Crippen LogP contribution in [0.3, 0.4) is 0 Å². The molecule has 0 radical (unpaired) electrons. The van der Waals surface area contributed by atoms with E-state index in [0.29, 0.717) is 18.2 Å². The van der Waals surface area contributed by atoms with Crippen LogP contribution in [0.15, 0.2) is 42.6 Å². The molecule has 0 bridgehead atoms. The molecular formula is C19H25Cl2N3O3. The second-order valence-corrected chi connectivity index (χ2v) is 6.27. The summed E-state index contributed by atoms with van der Waals surface area (Å²) in [4.78, 5) is 16.4. The molecule has 2 aromatic rings. The van der Waals surface area contributed by atoms with E-state index in [-0.39, 0.29) is 42.7 Å². The van der Waals surface area contributed by atoms with Crippen molar-refractivity contribution >= 4 is 30.7 Å². The molecular weight excluding hydrogens is 389 g/mol. The third-order valence-electron chi connectivity index (χ3n) is 4.37. The van der Waals surface area contributed by atoms with E-state index < -0.39 is 0 Å². The summed E-state index contributed by atoms with van der Waals surface area (Å²) in [6, 6.07) is 11.2. The molecule has 8 heteroatoms. The van der Waals surface area contributed by atoms with E-state index in [0.717, 1.165) is 30.6 Å². The highest BCUT2D eigenvalue weighted by Gasteiger charge is 2.27. The molecule has 1 aromatic carbocycles. The summed E-state index contributed by atoms with van der Waals surface area (Å²) in [5, 5.41) is 2.95. The Bertz CT molecular complexity index is 728. The first-order valence-electron chi connectivity index (χ1n) is 8.44. The third-order valence-corrected chi connectivity index (χ3v) is 4.37. The first-order valence-corrected chi connectivity index (χ1v) is 8.44. The molecule has 1 aromatic heterocycles. The van der Waals surface area contributed by atoms with E-state index in [9.17, 15) is 4.79 Å². The summed E-state index contributed by atoms with van der Waals surface area (Å²) < 4.78 is 10.9. The zero-order valence-electron chi connectivity index (χ0n) is 15.1. The van der Waals surface area contributed by atoms with Gasteiger partial charge in [0, 0.05) is 36.8 Å². The van der Waals surface area contributed by atoms with Crippen LogP contribution >= 0.6 is 24.8 Å². The highest BCUT2D eigenvalue weighted by Crippen LogP contribution is 2.25. The Morgan fingerprint density at radius 2 is 2.00 bits per heavy atom. The molecule has 2 unspecified atom stereocenters. The van der Waals surface area contributed by atoms with Gasteiger partial charge in [0.15, 0.2) is 0 Å². The van der Waals surface area contributed by atoms with Crippen LogP contribution in [0, 0.1) is 5.92 Å². The van der Waals surface area contributed by atoms with Crippen molar-refractivity contribution in [3.05, 3.63) is 48.2 Å². The number of pyridine rings is 1. The number of benzene rings is 1. The molecule has 1 saturated carbocycles. The average molecular weight is 414 g/mol. The van der Waals surface area contributed by atoms with Crippen LogP contribution in [0.4, 0.5) is 0 Å². The Hall–Kier alpha value is -2.02. The topological polar surface area (TPSA) is 86.5 Å². The number of amides is 1. The van der Waals surface area contributed by atoms with Gasteiger partial charge in [-0.15, -0.1) is 24.8 Å². The lowest BCUT2D eigenvalue weighted by atomic mass is 10.1. The number of hydrogen-bond donors (Lipinski definition) is 2. The van der Waals surface area contributed by atoms with Gasteiger partial charge in [-0.3, -0.25) is 4.79 Å². The summed E-state index contributed by atoms with van der Waals surface area (Å²) >= 11 is 0. The van der Waals surface area contributed by atoms with Gasteiger partial charge >= 0.3 is 0 Å². The molecule has 3 N–H and O–H groups in total. The standard InChI is InChI=1S/C19H23N3O3.2ClH/c1-24-16-3-2-4-17(10-16)25-18-8-5-13(11-21-18)12-22-19(23)14-6-7-15(20)9-14;;/h2-5,8,10-11,14-15H,6-7,9,12,20H2,1H3,(H,22,23);2*1H. The molecule has 1 aliphatic carbocycles. The fraction of sp³-hybridized carbons (Fsp3) is 0.368. The fourth-order valence-electron chi connectivity index (χ4n) is 2.95. The highest BCUT2D eigenvalue weighted by atomic mass is 35.5. The second kappa shape index (κ2) is 11.0.